The summed E-state index contributed by atoms with van der Waals surface area (Å²) in [5.41, 5.74) is 3.81. The van der Waals surface area contributed by atoms with Crippen molar-refractivity contribution in [1.29, 1.82) is 5.26 Å². The first-order chi connectivity index (χ1) is 9.90. The molecular weight excluding hydrogens is 270 g/mol. The maximum absolute atomic E-state index is 11.4. The highest BCUT2D eigenvalue weighted by molar-refractivity contribution is 5.92. The third-order valence-electron chi connectivity index (χ3n) is 3.73. The van der Waals surface area contributed by atoms with Gasteiger partial charge in [-0.1, -0.05) is 0 Å². The average molecular weight is 285 g/mol. The molecule has 0 saturated heterocycles. The molecule has 6 heteroatoms. The number of benzene rings is 1. The first-order valence-corrected chi connectivity index (χ1v) is 6.35. The topological polar surface area (TPSA) is 110 Å². The molecule has 0 fully saturated rings. The number of aliphatic hydroxyl groups excluding tert-OH is 1. The number of rotatable bonds is 3. The third-order valence-corrected chi connectivity index (χ3v) is 3.73. The molecule has 0 aliphatic rings. The van der Waals surface area contributed by atoms with E-state index in [1.807, 2.05) is 19.9 Å². The fourth-order valence-electron chi connectivity index (χ4n) is 2.30. The maximum atomic E-state index is 11.4. The van der Waals surface area contributed by atoms with Crippen molar-refractivity contribution in [2.75, 3.05) is 0 Å². The van der Waals surface area contributed by atoms with Crippen molar-refractivity contribution >= 4 is 5.97 Å². The van der Waals surface area contributed by atoms with Gasteiger partial charge in [0.05, 0.1) is 11.3 Å². The van der Waals surface area contributed by atoms with E-state index >= 15 is 0 Å². The van der Waals surface area contributed by atoms with Gasteiger partial charge in [-0.15, -0.1) is 0 Å². The van der Waals surface area contributed by atoms with Crippen molar-refractivity contribution < 1.29 is 15.0 Å². The molecule has 0 bridgehead atoms. The number of aromatic carboxylic acids is 1. The molecule has 0 saturated carbocycles. The molecule has 0 atom stereocenters. The average Bonchev–Trinajstić information content (AvgIpc) is 2.88. The molecule has 2 rings (SSSR count). The van der Waals surface area contributed by atoms with Crippen LogP contribution in [0.1, 0.15) is 38.6 Å². The second-order valence-corrected chi connectivity index (χ2v) is 4.83. The molecule has 0 aliphatic carbocycles. The number of nitriles is 1. The summed E-state index contributed by atoms with van der Waals surface area (Å²) in [5, 5.41) is 27.6. The number of aliphatic hydroxyl groups is 1. The molecule has 0 radical (unpaired) electrons. The number of carbonyl (C=O) groups is 1. The predicted molar refractivity (Wildman–Crippen MR) is 75.8 cm³/mol. The number of nitrogens with one attached hydrogen (secondary N) is 1. The van der Waals surface area contributed by atoms with Crippen LogP contribution in [0.4, 0.5) is 0 Å². The van der Waals surface area contributed by atoms with E-state index in [0.29, 0.717) is 16.8 Å². The molecule has 0 unspecified atom stereocenters. The zero-order valence-corrected chi connectivity index (χ0v) is 12.0. The van der Waals surface area contributed by atoms with E-state index in [4.69, 9.17) is 10.4 Å². The minimum absolute atomic E-state index is 0.141. The minimum Gasteiger partial charge on any atom is -0.478 e. The van der Waals surface area contributed by atoms with Gasteiger partial charge in [0, 0.05) is 5.56 Å². The number of imidazole rings is 1. The number of carboxylic acid groups (broad SMARTS) is 1. The minimum atomic E-state index is -1.02. The monoisotopic (exact) mass is 285 g/mol. The van der Waals surface area contributed by atoms with E-state index < -0.39 is 5.97 Å². The highest BCUT2D eigenvalue weighted by Crippen LogP contribution is 2.31. The highest BCUT2D eigenvalue weighted by Gasteiger charge is 2.19. The van der Waals surface area contributed by atoms with Gasteiger partial charge >= 0.3 is 5.97 Å². The molecule has 0 spiro atoms. The van der Waals surface area contributed by atoms with Crippen LogP contribution in [-0.2, 0) is 6.61 Å². The van der Waals surface area contributed by atoms with Gasteiger partial charge in [-0.05, 0) is 43.5 Å². The Morgan fingerprint density at radius 1 is 1.33 bits per heavy atom. The Kier molecular flexibility index (Phi) is 3.78. The Morgan fingerprint density at radius 3 is 2.52 bits per heavy atom. The van der Waals surface area contributed by atoms with Gasteiger partial charge in [0.1, 0.15) is 18.5 Å². The first kappa shape index (κ1) is 14.8. The quantitative estimate of drug-likeness (QED) is 0.799. The van der Waals surface area contributed by atoms with Crippen LogP contribution in [0, 0.1) is 32.1 Å². The van der Waals surface area contributed by atoms with E-state index in [0.717, 1.165) is 11.1 Å². The molecule has 1 aromatic carbocycles. The Morgan fingerprint density at radius 2 is 2.00 bits per heavy atom. The Labute approximate surface area is 121 Å². The summed E-state index contributed by atoms with van der Waals surface area (Å²) in [7, 11) is 0. The van der Waals surface area contributed by atoms with Crippen molar-refractivity contribution in [3.05, 3.63) is 39.8 Å². The number of nitrogens with zero attached hydrogens (tertiary/aromatic N) is 2. The van der Waals surface area contributed by atoms with Gasteiger partial charge in [-0.2, -0.15) is 5.26 Å². The predicted octanol–water partition coefficient (Wildman–Crippen LogP) is 2.06. The summed E-state index contributed by atoms with van der Waals surface area (Å²) >= 11 is 0. The van der Waals surface area contributed by atoms with Crippen molar-refractivity contribution in [2.45, 2.75) is 27.4 Å². The lowest BCUT2D eigenvalue weighted by molar-refractivity contribution is 0.0696. The maximum Gasteiger partial charge on any atom is 0.335 e. The van der Waals surface area contributed by atoms with Gasteiger partial charge in [0.15, 0.2) is 5.69 Å². The summed E-state index contributed by atoms with van der Waals surface area (Å²) in [5.74, 6) is -0.742. The van der Waals surface area contributed by atoms with Crippen molar-refractivity contribution in [3.8, 4) is 17.3 Å². The number of hydrogen-bond donors (Lipinski definition) is 3. The van der Waals surface area contributed by atoms with Crippen molar-refractivity contribution in [2.24, 2.45) is 0 Å². The van der Waals surface area contributed by atoms with Crippen LogP contribution in [0.3, 0.4) is 0 Å². The summed E-state index contributed by atoms with van der Waals surface area (Å²) in [6.07, 6.45) is 0. The lowest BCUT2D eigenvalue weighted by Crippen LogP contribution is -2.04. The summed E-state index contributed by atoms with van der Waals surface area (Å²) in [6, 6.07) is 3.50. The number of carboxylic acids is 1. The van der Waals surface area contributed by atoms with Gasteiger partial charge in [-0.25, -0.2) is 9.78 Å². The zero-order valence-electron chi connectivity index (χ0n) is 12.0. The molecule has 21 heavy (non-hydrogen) atoms. The van der Waals surface area contributed by atoms with E-state index in [1.165, 1.54) is 6.07 Å². The normalized spacial score (nSPS) is 10.4. The third kappa shape index (κ3) is 2.39. The molecule has 0 aliphatic heterocycles. The molecule has 6 nitrogen and oxygen atoms in total. The molecule has 1 heterocycles. The number of H-pyrrole nitrogens is 1. The van der Waals surface area contributed by atoms with E-state index in [2.05, 4.69) is 9.97 Å². The lowest BCUT2D eigenvalue weighted by Gasteiger charge is -2.13. The van der Waals surface area contributed by atoms with Crippen LogP contribution < -0.4 is 0 Å². The van der Waals surface area contributed by atoms with E-state index in [1.54, 1.807) is 6.92 Å². The van der Waals surface area contributed by atoms with Gasteiger partial charge in [0.2, 0.25) is 0 Å². The summed E-state index contributed by atoms with van der Waals surface area (Å²) < 4.78 is 0. The SMILES string of the molecule is Cc1c(C(=O)O)cc(-c2[nH]c(CO)nc2C#N)c(C)c1C. The summed E-state index contributed by atoms with van der Waals surface area (Å²) in [4.78, 5) is 18.2. The van der Waals surface area contributed by atoms with E-state index in [-0.39, 0.29) is 23.7 Å². The van der Waals surface area contributed by atoms with Gasteiger partial charge in [-0.3, -0.25) is 0 Å². The smallest absolute Gasteiger partial charge is 0.335 e. The van der Waals surface area contributed by atoms with Crippen molar-refractivity contribution in [3.63, 3.8) is 0 Å². The molecule has 0 amide bonds. The van der Waals surface area contributed by atoms with Crippen LogP contribution in [0.25, 0.3) is 11.3 Å². The van der Waals surface area contributed by atoms with Crippen LogP contribution in [0.2, 0.25) is 0 Å². The molecule has 3 N–H and O–H groups in total. The van der Waals surface area contributed by atoms with Crippen LogP contribution in [0.15, 0.2) is 6.07 Å². The second kappa shape index (κ2) is 5.38. The standard InChI is InChI=1S/C15H15N3O3/c1-7-8(2)10(4-11(9(7)3)15(20)21)14-12(5-16)17-13(6-19)18-14/h4,19H,6H2,1-3H3,(H,17,18)(H,20,21). The number of hydrogen-bond acceptors (Lipinski definition) is 4. The first-order valence-electron chi connectivity index (χ1n) is 6.35. The van der Waals surface area contributed by atoms with Crippen LogP contribution >= 0.6 is 0 Å². The fourth-order valence-corrected chi connectivity index (χ4v) is 2.30. The van der Waals surface area contributed by atoms with Crippen molar-refractivity contribution in [1.82, 2.24) is 9.97 Å². The van der Waals surface area contributed by atoms with Crippen LogP contribution in [0.5, 0.6) is 0 Å². The van der Waals surface area contributed by atoms with Crippen LogP contribution in [-0.4, -0.2) is 26.2 Å². The Balaban J connectivity index is 2.78. The Bertz CT molecular complexity index is 769. The van der Waals surface area contributed by atoms with Gasteiger partial charge in [0.25, 0.3) is 0 Å². The largest absolute Gasteiger partial charge is 0.478 e. The van der Waals surface area contributed by atoms with E-state index in [9.17, 15) is 9.90 Å². The molecule has 108 valence electrons. The highest BCUT2D eigenvalue weighted by atomic mass is 16.4. The molecular formula is C15H15N3O3. The second-order valence-electron chi connectivity index (χ2n) is 4.83. The van der Waals surface area contributed by atoms with Gasteiger partial charge < -0.3 is 15.2 Å². The number of aromatic amines is 1. The molecule has 1 aromatic heterocycles. The Hall–Kier alpha value is -2.65. The number of aromatic nitrogens is 2. The fraction of sp³-hybridized carbons (Fsp3) is 0.267. The lowest BCUT2D eigenvalue weighted by atomic mass is 9.92. The zero-order chi connectivity index (χ0) is 15.7. The molecule has 2 aromatic rings. The summed E-state index contributed by atoms with van der Waals surface area (Å²) in [6.45, 7) is 5.15.